The molecular weight excluding hydrogens is 318 g/mol. The molecule has 8 heteroatoms. The van der Waals surface area contributed by atoms with Crippen LogP contribution in [-0.4, -0.2) is 56.5 Å². The Morgan fingerprint density at radius 1 is 1.35 bits per heavy atom. The first-order valence-electron chi connectivity index (χ1n) is 7.85. The van der Waals surface area contributed by atoms with Gasteiger partial charge in [-0.15, -0.1) is 0 Å². The van der Waals surface area contributed by atoms with Crippen LogP contribution in [0.2, 0.25) is 0 Å². The van der Waals surface area contributed by atoms with E-state index in [1.807, 2.05) is 0 Å². The number of hydrogen-bond donors (Lipinski definition) is 1. The number of carbonyl (C=O) groups excluding carboxylic acids is 1. The number of carbonyl (C=O) groups is 1. The largest absolute Gasteiger partial charge is 0.464 e. The molecule has 0 radical (unpaired) electrons. The van der Waals surface area contributed by atoms with Gasteiger partial charge in [0.25, 0.3) is 10.0 Å². The quantitative estimate of drug-likeness (QED) is 0.813. The van der Waals surface area contributed by atoms with Gasteiger partial charge in [-0.05, 0) is 43.4 Å². The molecule has 23 heavy (non-hydrogen) atoms. The van der Waals surface area contributed by atoms with Gasteiger partial charge in [0.05, 0.1) is 7.11 Å². The summed E-state index contributed by atoms with van der Waals surface area (Å²) in [5.74, 6) is -0.539. The molecule has 0 amide bonds. The van der Waals surface area contributed by atoms with Crippen molar-refractivity contribution in [3.63, 3.8) is 0 Å². The summed E-state index contributed by atoms with van der Waals surface area (Å²) < 4.78 is 33.5. The Balaban J connectivity index is 1.85. The molecule has 128 valence electrons. The highest BCUT2D eigenvalue weighted by Crippen LogP contribution is 2.38. The molecule has 3 heterocycles. The van der Waals surface area contributed by atoms with Crippen LogP contribution in [0.3, 0.4) is 0 Å². The molecule has 1 atom stereocenters. The van der Waals surface area contributed by atoms with Gasteiger partial charge in [0.1, 0.15) is 5.69 Å². The summed E-state index contributed by atoms with van der Waals surface area (Å²) in [6.45, 7) is 2.96. The van der Waals surface area contributed by atoms with E-state index in [2.05, 4.69) is 10.1 Å². The number of aromatic nitrogens is 1. The van der Waals surface area contributed by atoms with Crippen LogP contribution in [0.15, 0.2) is 17.2 Å². The molecule has 2 fully saturated rings. The number of hydrogen-bond acceptors (Lipinski definition) is 5. The molecule has 7 nitrogen and oxygen atoms in total. The molecule has 0 aliphatic carbocycles. The highest BCUT2D eigenvalue weighted by molar-refractivity contribution is 7.89. The molecule has 2 aliphatic rings. The molecule has 1 aromatic rings. The second-order valence-corrected chi connectivity index (χ2v) is 8.36. The second-order valence-electron chi connectivity index (χ2n) is 6.48. The van der Waals surface area contributed by atoms with Gasteiger partial charge in [-0.3, -0.25) is 0 Å². The molecule has 0 unspecified atom stereocenters. The molecule has 1 N–H and O–H groups in total. The number of nitrogens with one attached hydrogen (secondary N) is 1. The first-order valence-corrected chi connectivity index (χ1v) is 9.29. The number of rotatable bonds is 3. The van der Waals surface area contributed by atoms with E-state index in [1.165, 1.54) is 23.8 Å². The lowest BCUT2D eigenvalue weighted by molar-refractivity contribution is 0.0589. The molecule has 2 aliphatic heterocycles. The molecular formula is C15H23N3O4S. The first kappa shape index (κ1) is 16.5. The monoisotopic (exact) mass is 341 g/mol. The van der Waals surface area contributed by atoms with Crippen molar-refractivity contribution in [3.05, 3.63) is 17.8 Å². The third-order valence-electron chi connectivity index (χ3n) is 5.04. The van der Waals surface area contributed by atoms with Crippen molar-refractivity contribution in [3.8, 4) is 0 Å². The first-order chi connectivity index (χ1) is 10.9. The molecule has 0 aromatic carbocycles. The Kier molecular flexibility index (Phi) is 4.24. The summed E-state index contributed by atoms with van der Waals surface area (Å²) >= 11 is 0. The van der Waals surface area contributed by atoms with Gasteiger partial charge in [-0.25, -0.2) is 13.2 Å². The van der Waals surface area contributed by atoms with Crippen molar-refractivity contribution in [2.45, 2.75) is 24.3 Å². The Morgan fingerprint density at radius 3 is 2.78 bits per heavy atom. The minimum absolute atomic E-state index is 0.0572. The van der Waals surface area contributed by atoms with Gasteiger partial charge in [0.15, 0.2) is 5.03 Å². The van der Waals surface area contributed by atoms with Gasteiger partial charge in [-0.2, -0.15) is 4.31 Å². The Labute approximate surface area is 136 Å². The fraction of sp³-hybridized carbons (Fsp3) is 0.667. The number of ether oxygens (including phenoxy) is 1. The minimum atomic E-state index is -3.60. The van der Waals surface area contributed by atoms with Crippen LogP contribution in [0.1, 0.15) is 29.8 Å². The van der Waals surface area contributed by atoms with Crippen LogP contribution in [0.5, 0.6) is 0 Å². The topological polar surface area (TPSA) is 80.6 Å². The van der Waals surface area contributed by atoms with Crippen LogP contribution in [0.25, 0.3) is 0 Å². The molecule has 0 saturated carbocycles. The Morgan fingerprint density at radius 2 is 2.13 bits per heavy atom. The lowest BCUT2D eigenvalue weighted by atomic mass is 9.80. The maximum absolute atomic E-state index is 12.9. The molecule has 3 rings (SSSR count). The number of methoxy groups -OCH3 is 1. The third kappa shape index (κ3) is 2.79. The summed E-state index contributed by atoms with van der Waals surface area (Å²) in [6, 6.07) is 2.97. The SMILES string of the molecule is COC(=O)c1ccc(S(=O)(=O)N2CC[C@]3(CCCNC3)C2)n1C. The maximum atomic E-state index is 12.9. The zero-order valence-corrected chi connectivity index (χ0v) is 14.4. The van der Waals surface area contributed by atoms with E-state index in [0.29, 0.717) is 13.1 Å². The minimum Gasteiger partial charge on any atom is -0.464 e. The van der Waals surface area contributed by atoms with E-state index in [4.69, 9.17) is 0 Å². The van der Waals surface area contributed by atoms with Crippen LogP contribution in [0.4, 0.5) is 0 Å². The highest BCUT2D eigenvalue weighted by atomic mass is 32.2. The van der Waals surface area contributed by atoms with E-state index in [9.17, 15) is 13.2 Å². The number of esters is 1. The zero-order chi connectivity index (χ0) is 16.7. The standard InChI is InChI=1S/C15H23N3O4S/c1-17-12(14(19)22-2)4-5-13(17)23(20,21)18-9-7-15(11-18)6-3-8-16-10-15/h4-5,16H,3,6-11H2,1-2H3/t15-/m0/s1. The number of sulfonamides is 1. The summed E-state index contributed by atoms with van der Waals surface area (Å²) in [6.07, 6.45) is 3.03. The van der Waals surface area contributed by atoms with Crippen molar-refractivity contribution in [2.75, 3.05) is 33.3 Å². The number of nitrogens with zero attached hydrogens (tertiary/aromatic N) is 2. The van der Waals surface area contributed by atoms with Crippen molar-refractivity contribution in [1.82, 2.24) is 14.2 Å². The van der Waals surface area contributed by atoms with Crippen LogP contribution in [0, 0.1) is 5.41 Å². The average Bonchev–Trinajstić information content (AvgIpc) is 3.12. The fourth-order valence-electron chi connectivity index (χ4n) is 3.67. The molecule has 1 aromatic heterocycles. The summed E-state index contributed by atoms with van der Waals surface area (Å²) in [7, 11) is -0.747. The third-order valence-corrected chi connectivity index (χ3v) is 6.97. The van der Waals surface area contributed by atoms with E-state index in [-0.39, 0.29) is 16.1 Å². The normalized spacial score (nSPS) is 25.8. The van der Waals surface area contributed by atoms with Gasteiger partial charge in [0.2, 0.25) is 0 Å². The van der Waals surface area contributed by atoms with E-state index < -0.39 is 16.0 Å². The number of piperidine rings is 1. The van der Waals surface area contributed by atoms with Crippen LogP contribution < -0.4 is 5.32 Å². The maximum Gasteiger partial charge on any atom is 0.354 e. The molecule has 1 spiro atoms. The van der Waals surface area contributed by atoms with E-state index >= 15 is 0 Å². The van der Waals surface area contributed by atoms with Crippen LogP contribution in [-0.2, 0) is 21.8 Å². The van der Waals surface area contributed by atoms with Crippen molar-refractivity contribution in [2.24, 2.45) is 12.5 Å². The second kappa shape index (κ2) is 5.92. The molecule has 2 saturated heterocycles. The Hall–Kier alpha value is -1.38. The summed E-state index contributed by atoms with van der Waals surface area (Å²) in [5, 5.41) is 3.52. The van der Waals surface area contributed by atoms with Gasteiger partial charge in [-0.1, -0.05) is 0 Å². The lowest BCUT2D eigenvalue weighted by Crippen LogP contribution is -2.42. The predicted octanol–water partition coefficient (Wildman–Crippen LogP) is 0.576. The smallest absolute Gasteiger partial charge is 0.354 e. The van der Waals surface area contributed by atoms with E-state index in [1.54, 1.807) is 11.4 Å². The lowest BCUT2D eigenvalue weighted by Gasteiger charge is -2.33. The predicted molar refractivity (Wildman–Crippen MR) is 84.7 cm³/mol. The fourth-order valence-corrected chi connectivity index (χ4v) is 5.40. The van der Waals surface area contributed by atoms with Gasteiger partial charge in [0, 0.05) is 26.7 Å². The van der Waals surface area contributed by atoms with Crippen molar-refractivity contribution in [1.29, 1.82) is 0 Å². The van der Waals surface area contributed by atoms with Crippen molar-refractivity contribution < 1.29 is 17.9 Å². The highest BCUT2D eigenvalue weighted by Gasteiger charge is 2.44. The van der Waals surface area contributed by atoms with Gasteiger partial charge >= 0.3 is 5.97 Å². The zero-order valence-electron chi connectivity index (χ0n) is 13.5. The van der Waals surface area contributed by atoms with Crippen molar-refractivity contribution >= 4 is 16.0 Å². The van der Waals surface area contributed by atoms with E-state index in [0.717, 1.165) is 32.4 Å². The average molecular weight is 341 g/mol. The molecule has 0 bridgehead atoms. The Bertz CT molecular complexity index is 704. The summed E-state index contributed by atoms with van der Waals surface area (Å²) in [5.41, 5.74) is 0.293. The van der Waals surface area contributed by atoms with Gasteiger partial charge < -0.3 is 14.6 Å². The van der Waals surface area contributed by atoms with Crippen LogP contribution >= 0.6 is 0 Å². The summed E-state index contributed by atoms with van der Waals surface area (Å²) in [4.78, 5) is 11.7.